The Bertz CT molecular complexity index is 241. The van der Waals surface area contributed by atoms with Crippen LogP contribution >= 0.6 is 0 Å². The van der Waals surface area contributed by atoms with E-state index in [2.05, 4.69) is 5.92 Å². The van der Waals surface area contributed by atoms with Crippen molar-refractivity contribution in [1.29, 1.82) is 0 Å². The normalized spacial score (nSPS) is 21.2. The third kappa shape index (κ3) is 4.82. The summed E-state index contributed by atoms with van der Waals surface area (Å²) < 4.78 is 5.34. The van der Waals surface area contributed by atoms with E-state index in [1.165, 1.54) is 0 Å². The van der Waals surface area contributed by atoms with Gasteiger partial charge in [-0.3, -0.25) is 9.69 Å². The van der Waals surface area contributed by atoms with E-state index in [0.29, 0.717) is 12.5 Å². The lowest BCUT2D eigenvalue weighted by molar-refractivity contribution is -0.138. The number of hydrogen-bond acceptors (Lipinski definition) is 3. The Morgan fingerprint density at radius 1 is 1.67 bits per heavy atom. The molecule has 1 saturated heterocycles. The maximum atomic E-state index is 10.6. The van der Waals surface area contributed by atoms with Gasteiger partial charge in [0.15, 0.2) is 0 Å². The van der Waals surface area contributed by atoms with Crippen LogP contribution in [0.25, 0.3) is 0 Å². The van der Waals surface area contributed by atoms with Crippen molar-refractivity contribution in [3.05, 3.63) is 0 Å². The molecule has 0 saturated carbocycles. The maximum absolute atomic E-state index is 10.6. The van der Waals surface area contributed by atoms with Crippen LogP contribution in [0.2, 0.25) is 0 Å². The Morgan fingerprint density at radius 3 is 3.00 bits per heavy atom. The molecule has 1 N–H and O–H groups in total. The fraction of sp³-hybridized carbons (Fsp3) is 0.727. The third-order valence-corrected chi connectivity index (χ3v) is 2.44. The van der Waals surface area contributed by atoms with Gasteiger partial charge in [-0.25, -0.2) is 0 Å². The first kappa shape index (κ1) is 12.0. The zero-order valence-corrected chi connectivity index (χ0v) is 8.82. The number of ether oxygens (including phenoxy) is 1. The monoisotopic (exact) mass is 211 g/mol. The number of carboxylic acid groups (broad SMARTS) is 1. The van der Waals surface area contributed by atoms with Gasteiger partial charge in [0.2, 0.25) is 0 Å². The SMILES string of the molecule is C#CCN(CC(=O)O)CC1CCCOC1. The highest BCUT2D eigenvalue weighted by atomic mass is 16.5. The Kier molecular flexibility index (Phi) is 5.16. The summed E-state index contributed by atoms with van der Waals surface area (Å²) in [5.74, 6) is 2.08. The van der Waals surface area contributed by atoms with Crippen LogP contribution in [0.5, 0.6) is 0 Å². The average Bonchev–Trinajstić information content (AvgIpc) is 2.18. The molecule has 0 amide bonds. The van der Waals surface area contributed by atoms with Gasteiger partial charge in [-0.2, -0.15) is 0 Å². The van der Waals surface area contributed by atoms with E-state index in [9.17, 15) is 4.79 Å². The lowest BCUT2D eigenvalue weighted by Crippen LogP contribution is -2.37. The van der Waals surface area contributed by atoms with Gasteiger partial charge in [0, 0.05) is 13.2 Å². The van der Waals surface area contributed by atoms with Crippen LogP contribution in [0.3, 0.4) is 0 Å². The van der Waals surface area contributed by atoms with Gasteiger partial charge in [0.1, 0.15) is 0 Å². The van der Waals surface area contributed by atoms with Crippen molar-refractivity contribution in [3.63, 3.8) is 0 Å². The molecule has 0 aromatic rings. The van der Waals surface area contributed by atoms with Crippen LogP contribution in [-0.2, 0) is 9.53 Å². The van der Waals surface area contributed by atoms with Crippen LogP contribution in [0.15, 0.2) is 0 Å². The number of rotatable bonds is 5. The van der Waals surface area contributed by atoms with Gasteiger partial charge < -0.3 is 9.84 Å². The second-order valence-corrected chi connectivity index (χ2v) is 3.85. The summed E-state index contributed by atoms with van der Waals surface area (Å²) in [5.41, 5.74) is 0. The zero-order chi connectivity index (χ0) is 11.1. The molecule has 0 aromatic heterocycles. The molecule has 15 heavy (non-hydrogen) atoms. The van der Waals surface area contributed by atoms with E-state index in [1.807, 2.05) is 0 Å². The van der Waals surface area contributed by atoms with Crippen LogP contribution in [0.1, 0.15) is 12.8 Å². The zero-order valence-electron chi connectivity index (χ0n) is 8.82. The molecule has 1 aliphatic heterocycles. The first-order valence-electron chi connectivity index (χ1n) is 5.17. The molecule has 0 bridgehead atoms. The number of nitrogens with zero attached hydrogens (tertiary/aromatic N) is 1. The Hall–Kier alpha value is -1.05. The Morgan fingerprint density at radius 2 is 2.47 bits per heavy atom. The van der Waals surface area contributed by atoms with E-state index >= 15 is 0 Å². The van der Waals surface area contributed by atoms with Gasteiger partial charge in [-0.1, -0.05) is 5.92 Å². The highest BCUT2D eigenvalue weighted by Crippen LogP contribution is 2.14. The third-order valence-electron chi connectivity index (χ3n) is 2.44. The van der Waals surface area contributed by atoms with E-state index in [0.717, 1.165) is 32.6 Å². The maximum Gasteiger partial charge on any atom is 0.317 e. The average molecular weight is 211 g/mol. The van der Waals surface area contributed by atoms with Gasteiger partial charge in [-0.05, 0) is 18.8 Å². The molecule has 84 valence electrons. The van der Waals surface area contributed by atoms with Crippen molar-refractivity contribution >= 4 is 5.97 Å². The fourth-order valence-electron chi connectivity index (χ4n) is 1.82. The van der Waals surface area contributed by atoms with Crippen molar-refractivity contribution in [1.82, 2.24) is 4.90 Å². The number of carbonyl (C=O) groups is 1. The van der Waals surface area contributed by atoms with E-state index in [4.69, 9.17) is 16.3 Å². The molecular weight excluding hydrogens is 194 g/mol. The highest BCUT2D eigenvalue weighted by Gasteiger charge is 2.18. The molecule has 1 aliphatic rings. The molecule has 4 heteroatoms. The van der Waals surface area contributed by atoms with Gasteiger partial charge in [0.25, 0.3) is 0 Å². The van der Waals surface area contributed by atoms with Crippen molar-refractivity contribution in [2.45, 2.75) is 12.8 Å². The Balaban J connectivity index is 2.35. The molecule has 1 unspecified atom stereocenters. The molecule has 0 aliphatic carbocycles. The minimum Gasteiger partial charge on any atom is -0.480 e. The fourth-order valence-corrected chi connectivity index (χ4v) is 1.82. The largest absolute Gasteiger partial charge is 0.480 e. The van der Waals surface area contributed by atoms with Crippen LogP contribution in [-0.4, -0.2) is 48.8 Å². The lowest BCUT2D eigenvalue weighted by atomic mass is 10.0. The predicted octanol–water partition coefficient (Wildman–Crippen LogP) is 0.433. The summed E-state index contributed by atoms with van der Waals surface area (Å²) in [6.07, 6.45) is 7.35. The van der Waals surface area contributed by atoms with Gasteiger partial charge in [-0.15, -0.1) is 6.42 Å². The standard InChI is InChI=1S/C11H17NO3/c1-2-5-12(8-11(13)14)7-10-4-3-6-15-9-10/h1,10H,3-9H2,(H,13,14). The second kappa shape index (κ2) is 6.44. The minimum absolute atomic E-state index is 0.0146. The van der Waals surface area contributed by atoms with E-state index in [-0.39, 0.29) is 6.54 Å². The highest BCUT2D eigenvalue weighted by molar-refractivity contribution is 5.69. The minimum atomic E-state index is -0.832. The smallest absolute Gasteiger partial charge is 0.317 e. The molecule has 0 radical (unpaired) electrons. The molecule has 0 spiro atoms. The van der Waals surface area contributed by atoms with Crippen LogP contribution < -0.4 is 0 Å². The first-order valence-corrected chi connectivity index (χ1v) is 5.17. The summed E-state index contributed by atoms with van der Waals surface area (Å²) in [7, 11) is 0. The molecule has 1 heterocycles. The lowest BCUT2D eigenvalue weighted by Gasteiger charge is -2.27. The number of terminal acetylenes is 1. The summed E-state index contributed by atoms with van der Waals surface area (Å²) in [6.45, 7) is 2.67. The Labute approximate surface area is 90.2 Å². The summed E-state index contributed by atoms with van der Waals surface area (Å²) in [5, 5.41) is 8.70. The molecule has 1 atom stereocenters. The number of hydrogen-bond donors (Lipinski definition) is 1. The molecule has 0 aromatic carbocycles. The van der Waals surface area contributed by atoms with Crippen molar-refractivity contribution in [2.24, 2.45) is 5.92 Å². The van der Waals surface area contributed by atoms with Crippen molar-refractivity contribution in [2.75, 3.05) is 32.8 Å². The summed E-state index contributed by atoms with van der Waals surface area (Å²) >= 11 is 0. The van der Waals surface area contributed by atoms with E-state index in [1.54, 1.807) is 4.90 Å². The predicted molar refractivity (Wildman–Crippen MR) is 56.5 cm³/mol. The van der Waals surface area contributed by atoms with Gasteiger partial charge in [0.05, 0.1) is 19.7 Å². The number of carboxylic acids is 1. The first-order chi connectivity index (χ1) is 7.22. The summed E-state index contributed by atoms with van der Waals surface area (Å²) in [6, 6.07) is 0. The molecule has 4 nitrogen and oxygen atoms in total. The van der Waals surface area contributed by atoms with Crippen molar-refractivity contribution < 1.29 is 14.6 Å². The number of aliphatic carboxylic acids is 1. The quantitative estimate of drug-likeness (QED) is 0.670. The summed E-state index contributed by atoms with van der Waals surface area (Å²) in [4.78, 5) is 12.4. The van der Waals surface area contributed by atoms with Crippen molar-refractivity contribution in [3.8, 4) is 12.3 Å². The molecular formula is C11H17NO3. The molecule has 1 fully saturated rings. The molecule has 1 rings (SSSR count). The van der Waals surface area contributed by atoms with Gasteiger partial charge >= 0.3 is 5.97 Å². The van der Waals surface area contributed by atoms with Crippen LogP contribution in [0.4, 0.5) is 0 Å². The van der Waals surface area contributed by atoms with Crippen LogP contribution in [0, 0.1) is 18.3 Å². The second-order valence-electron chi connectivity index (χ2n) is 3.85. The van der Waals surface area contributed by atoms with E-state index < -0.39 is 5.97 Å². The topological polar surface area (TPSA) is 49.8 Å².